The molecule has 6 heteroatoms. The van der Waals surface area contributed by atoms with Gasteiger partial charge in [0.2, 0.25) is 5.95 Å². The Morgan fingerprint density at radius 2 is 2.15 bits per heavy atom. The Kier molecular flexibility index (Phi) is 4.03. The molecule has 2 aromatic heterocycles. The van der Waals surface area contributed by atoms with Crippen LogP contribution in [0.2, 0.25) is 0 Å². The molecule has 0 aliphatic heterocycles. The molecule has 3 rings (SSSR count). The average Bonchev–Trinajstić information content (AvgIpc) is 3.12. The first kappa shape index (κ1) is 13.6. The van der Waals surface area contributed by atoms with Crippen molar-refractivity contribution in [2.45, 2.75) is 39.0 Å². The number of nitrogens with zero attached hydrogens (tertiary/aromatic N) is 2. The maximum Gasteiger partial charge on any atom is 0.240 e. The van der Waals surface area contributed by atoms with E-state index in [1.54, 1.807) is 11.3 Å². The Labute approximate surface area is 123 Å². The van der Waals surface area contributed by atoms with Crippen LogP contribution in [0.5, 0.6) is 0 Å². The standard InChI is InChI=1S/C14H21N5S/c1-2-10-7-11-12(16-8-9-5-3-4-6-9)17-14(19-15)18-13(11)20-10/h7,9H,2-6,8,15H2,1H3,(H2,16,17,18,19). The van der Waals surface area contributed by atoms with E-state index in [0.29, 0.717) is 5.95 Å². The first-order valence-electron chi connectivity index (χ1n) is 7.31. The van der Waals surface area contributed by atoms with Gasteiger partial charge in [0.25, 0.3) is 0 Å². The molecule has 1 aliphatic rings. The zero-order chi connectivity index (χ0) is 13.9. The Morgan fingerprint density at radius 1 is 1.35 bits per heavy atom. The van der Waals surface area contributed by atoms with Gasteiger partial charge in [-0.05, 0) is 31.2 Å². The van der Waals surface area contributed by atoms with Gasteiger partial charge >= 0.3 is 0 Å². The zero-order valence-electron chi connectivity index (χ0n) is 11.8. The second-order valence-electron chi connectivity index (χ2n) is 5.36. The number of anilines is 2. The molecule has 0 amide bonds. The lowest BCUT2D eigenvalue weighted by Gasteiger charge is -2.12. The van der Waals surface area contributed by atoms with Crippen LogP contribution in [0.25, 0.3) is 10.2 Å². The van der Waals surface area contributed by atoms with Gasteiger partial charge in [0, 0.05) is 11.4 Å². The Hall–Kier alpha value is -1.40. The second kappa shape index (κ2) is 5.93. The van der Waals surface area contributed by atoms with Gasteiger partial charge in [-0.25, -0.2) is 10.8 Å². The molecule has 0 saturated heterocycles. The molecule has 20 heavy (non-hydrogen) atoms. The van der Waals surface area contributed by atoms with E-state index in [-0.39, 0.29) is 0 Å². The summed E-state index contributed by atoms with van der Waals surface area (Å²) in [7, 11) is 0. The SMILES string of the molecule is CCc1cc2c(NCC3CCCC3)nc(NN)nc2s1. The van der Waals surface area contributed by atoms with Crippen LogP contribution in [-0.4, -0.2) is 16.5 Å². The first-order valence-corrected chi connectivity index (χ1v) is 8.12. The van der Waals surface area contributed by atoms with E-state index in [1.807, 2.05) is 0 Å². The molecule has 0 spiro atoms. The Balaban J connectivity index is 1.87. The van der Waals surface area contributed by atoms with Crippen molar-refractivity contribution in [2.24, 2.45) is 11.8 Å². The Bertz CT molecular complexity index is 589. The number of hydrogen-bond donors (Lipinski definition) is 3. The summed E-state index contributed by atoms with van der Waals surface area (Å²) < 4.78 is 0. The third-order valence-corrected chi connectivity index (χ3v) is 5.13. The molecular formula is C14H21N5S. The van der Waals surface area contributed by atoms with E-state index in [9.17, 15) is 0 Å². The molecule has 0 unspecified atom stereocenters. The van der Waals surface area contributed by atoms with Crippen LogP contribution in [0.1, 0.15) is 37.5 Å². The van der Waals surface area contributed by atoms with Crippen LogP contribution in [0.3, 0.4) is 0 Å². The van der Waals surface area contributed by atoms with Crippen molar-refractivity contribution in [1.29, 1.82) is 0 Å². The molecule has 4 N–H and O–H groups in total. The lowest BCUT2D eigenvalue weighted by molar-refractivity contribution is 0.579. The molecule has 0 atom stereocenters. The summed E-state index contributed by atoms with van der Waals surface area (Å²) >= 11 is 1.71. The van der Waals surface area contributed by atoms with Gasteiger partial charge in [0.1, 0.15) is 10.6 Å². The van der Waals surface area contributed by atoms with E-state index < -0.39 is 0 Å². The minimum atomic E-state index is 0.482. The van der Waals surface area contributed by atoms with Crippen LogP contribution < -0.4 is 16.6 Å². The van der Waals surface area contributed by atoms with Crippen LogP contribution in [0.4, 0.5) is 11.8 Å². The van der Waals surface area contributed by atoms with Crippen LogP contribution in [0, 0.1) is 5.92 Å². The first-order chi connectivity index (χ1) is 9.80. The molecule has 2 heterocycles. The van der Waals surface area contributed by atoms with Crippen LogP contribution in [-0.2, 0) is 6.42 Å². The highest BCUT2D eigenvalue weighted by Gasteiger charge is 2.16. The Morgan fingerprint density at radius 3 is 2.85 bits per heavy atom. The summed E-state index contributed by atoms with van der Waals surface area (Å²) in [5.41, 5.74) is 2.56. The van der Waals surface area contributed by atoms with Crippen molar-refractivity contribution in [3.05, 3.63) is 10.9 Å². The van der Waals surface area contributed by atoms with Gasteiger partial charge < -0.3 is 5.32 Å². The lowest BCUT2D eigenvalue weighted by Crippen LogP contribution is -2.15. The van der Waals surface area contributed by atoms with Crippen molar-refractivity contribution in [1.82, 2.24) is 9.97 Å². The summed E-state index contributed by atoms with van der Waals surface area (Å²) in [4.78, 5) is 11.2. The summed E-state index contributed by atoms with van der Waals surface area (Å²) in [6.07, 6.45) is 6.40. The minimum absolute atomic E-state index is 0.482. The van der Waals surface area contributed by atoms with E-state index in [4.69, 9.17) is 5.84 Å². The summed E-state index contributed by atoms with van der Waals surface area (Å²) in [6.45, 7) is 3.15. The van der Waals surface area contributed by atoms with Crippen LogP contribution >= 0.6 is 11.3 Å². The number of hydrogen-bond acceptors (Lipinski definition) is 6. The lowest BCUT2D eigenvalue weighted by atomic mass is 10.1. The number of hydrazine groups is 1. The summed E-state index contributed by atoms with van der Waals surface area (Å²) in [6, 6.07) is 2.19. The largest absolute Gasteiger partial charge is 0.369 e. The molecule has 2 aromatic rings. The highest BCUT2D eigenvalue weighted by Crippen LogP contribution is 2.31. The number of aromatic nitrogens is 2. The number of thiophene rings is 1. The second-order valence-corrected chi connectivity index (χ2v) is 6.47. The summed E-state index contributed by atoms with van der Waals surface area (Å²) in [5, 5.41) is 4.62. The fourth-order valence-corrected chi connectivity index (χ4v) is 3.77. The van der Waals surface area contributed by atoms with Crippen molar-refractivity contribution in [3.63, 3.8) is 0 Å². The smallest absolute Gasteiger partial charge is 0.240 e. The molecule has 1 aliphatic carbocycles. The van der Waals surface area contributed by atoms with Crippen LogP contribution in [0.15, 0.2) is 6.07 Å². The van der Waals surface area contributed by atoms with E-state index in [1.165, 1.54) is 30.6 Å². The highest BCUT2D eigenvalue weighted by molar-refractivity contribution is 7.18. The maximum atomic E-state index is 5.47. The number of rotatable bonds is 5. The normalized spacial score (nSPS) is 15.9. The number of nitrogen functional groups attached to an aromatic ring is 1. The third kappa shape index (κ3) is 2.71. The molecule has 1 fully saturated rings. The number of fused-ring (bicyclic) bond motifs is 1. The molecule has 0 aromatic carbocycles. The average molecular weight is 291 g/mol. The van der Waals surface area contributed by atoms with Gasteiger partial charge in [-0.2, -0.15) is 4.98 Å². The minimum Gasteiger partial charge on any atom is -0.369 e. The van der Waals surface area contributed by atoms with E-state index in [0.717, 1.165) is 34.9 Å². The predicted molar refractivity (Wildman–Crippen MR) is 85.1 cm³/mol. The van der Waals surface area contributed by atoms with Gasteiger partial charge in [-0.1, -0.05) is 19.8 Å². The van der Waals surface area contributed by atoms with E-state index >= 15 is 0 Å². The topological polar surface area (TPSA) is 75.9 Å². The van der Waals surface area contributed by atoms with Gasteiger partial charge in [0.05, 0.1) is 5.39 Å². The van der Waals surface area contributed by atoms with Gasteiger partial charge in [0.15, 0.2) is 0 Å². The van der Waals surface area contributed by atoms with E-state index in [2.05, 4.69) is 33.7 Å². The highest BCUT2D eigenvalue weighted by atomic mass is 32.1. The fourth-order valence-electron chi connectivity index (χ4n) is 2.80. The third-order valence-electron chi connectivity index (χ3n) is 3.95. The zero-order valence-corrected chi connectivity index (χ0v) is 12.6. The maximum absolute atomic E-state index is 5.47. The van der Waals surface area contributed by atoms with Gasteiger partial charge in [-0.15, -0.1) is 11.3 Å². The molecule has 0 bridgehead atoms. The monoisotopic (exact) mass is 291 g/mol. The van der Waals surface area contributed by atoms with Crippen molar-refractivity contribution in [2.75, 3.05) is 17.3 Å². The molecule has 108 valence electrons. The number of aryl methyl sites for hydroxylation is 1. The quantitative estimate of drug-likeness (QED) is 0.583. The molecule has 1 saturated carbocycles. The predicted octanol–water partition coefficient (Wildman–Crippen LogP) is 3.14. The molecular weight excluding hydrogens is 270 g/mol. The molecule has 0 radical (unpaired) electrons. The fraction of sp³-hybridized carbons (Fsp3) is 0.571. The molecule has 5 nitrogen and oxygen atoms in total. The van der Waals surface area contributed by atoms with Crippen molar-refractivity contribution < 1.29 is 0 Å². The van der Waals surface area contributed by atoms with Crippen molar-refractivity contribution in [3.8, 4) is 0 Å². The van der Waals surface area contributed by atoms with Crippen molar-refractivity contribution >= 4 is 33.3 Å². The summed E-state index contributed by atoms with van der Waals surface area (Å²) in [5.74, 6) is 7.64. The van der Waals surface area contributed by atoms with Gasteiger partial charge in [-0.3, -0.25) is 5.43 Å². The number of nitrogens with two attached hydrogens (primary N) is 1. The number of nitrogens with one attached hydrogen (secondary N) is 2.